The third kappa shape index (κ3) is 4.15. The first-order valence-corrected chi connectivity index (χ1v) is 8.72. The van der Waals surface area contributed by atoms with Crippen LogP contribution >= 0.6 is 11.6 Å². The molecule has 26 heavy (non-hydrogen) atoms. The number of morpholine rings is 1. The van der Waals surface area contributed by atoms with Gasteiger partial charge in [-0.2, -0.15) is 0 Å². The van der Waals surface area contributed by atoms with E-state index < -0.39 is 0 Å². The van der Waals surface area contributed by atoms with Crippen molar-refractivity contribution >= 4 is 34.8 Å². The molecule has 0 spiro atoms. The second-order valence-electron chi connectivity index (χ2n) is 5.87. The number of benzene rings is 2. The molecule has 7 heteroatoms. The monoisotopic (exact) mass is 373 g/mol. The predicted octanol–water partition coefficient (Wildman–Crippen LogP) is 2.79. The second-order valence-corrected chi connectivity index (χ2v) is 6.28. The van der Waals surface area contributed by atoms with Gasteiger partial charge in [-0.15, -0.1) is 0 Å². The van der Waals surface area contributed by atoms with E-state index in [0.29, 0.717) is 35.1 Å². The average Bonchev–Trinajstić information content (AvgIpc) is 2.69. The summed E-state index contributed by atoms with van der Waals surface area (Å²) in [6.07, 6.45) is 0. The van der Waals surface area contributed by atoms with Gasteiger partial charge in [-0.25, -0.2) is 0 Å². The Labute approximate surface area is 157 Å². The molecule has 1 aliphatic rings. The molecule has 2 aromatic carbocycles. The first-order valence-electron chi connectivity index (χ1n) is 8.34. The average molecular weight is 374 g/mol. The maximum Gasteiger partial charge on any atom is 0.255 e. The summed E-state index contributed by atoms with van der Waals surface area (Å²) in [5.41, 5.74) is 2.43. The minimum atomic E-state index is -0.305. The first-order chi connectivity index (χ1) is 12.6. The Balaban J connectivity index is 1.71. The highest BCUT2D eigenvalue weighted by molar-refractivity contribution is 6.34. The molecule has 0 bridgehead atoms. The number of amides is 2. The topological polar surface area (TPSA) is 70.7 Å². The number of anilines is 2. The van der Waals surface area contributed by atoms with Crippen molar-refractivity contribution in [1.29, 1.82) is 0 Å². The minimum Gasteiger partial charge on any atom is -0.378 e. The summed E-state index contributed by atoms with van der Waals surface area (Å²) < 4.78 is 5.35. The minimum absolute atomic E-state index is 0.247. The number of carbonyl (C=O) groups is 2. The normalized spacial score (nSPS) is 14.0. The molecule has 0 saturated carbocycles. The molecule has 2 N–H and O–H groups in total. The quantitative estimate of drug-likeness (QED) is 0.864. The summed E-state index contributed by atoms with van der Waals surface area (Å²) in [7, 11) is 1.53. The van der Waals surface area contributed by atoms with Crippen LogP contribution in [0.15, 0.2) is 42.5 Å². The Morgan fingerprint density at radius 2 is 1.73 bits per heavy atom. The van der Waals surface area contributed by atoms with Crippen LogP contribution in [0.2, 0.25) is 5.02 Å². The fourth-order valence-electron chi connectivity index (χ4n) is 2.76. The Hall–Kier alpha value is -2.57. The largest absolute Gasteiger partial charge is 0.378 e. The summed E-state index contributed by atoms with van der Waals surface area (Å²) in [5, 5.41) is 5.65. The van der Waals surface area contributed by atoms with Crippen molar-refractivity contribution in [2.75, 3.05) is 43.6 Å². The summed E-state index contributed by atoms with van der Waals surface area (Å²) in [6.45, 7) is 3.12. The molecule has 136 valence electrons. The van der Waals surface area contributed by atoms with Crippen LogP contribution < -0.4 is 15.5 Å². The molecule has 6 nitrogen and oxygen atoms in total. The van der Waals surface area contributed by atoms with Crippen molar-refractivity contribution in [3.05, 3.63) is 58.6 Å². The van der Waals surface area contributed by atoms with E-state index >= 15 is 0 Å². The fraction of sp³-hybridized carbons (Fsp3) is 0.263. The molecular weight excluding hydrogens is 354 g/mol. The van der Waals surface area contributed by atoms with Gasteiger partial charge < -0.3 is 20.3 Å². The third-order valence-corrected chi connectivity index (χ3v) is 4.53. The summed E-state index contributed by atoms with van der Waals surface area (Å²) in [6, 6.07) is 12.2. The van der Waals surface area contributed by atoms with Crippen LogP contribution in [0.5, 0.6) is 0 Å². The van der Waals surface area contributed by atoms with Gasteiger partial charge in [0.2, 0.25) is 0 Å². The number of nitrogens with one attached hydrogen (secondary N) is 2. The maximum atomic E-state index is 12.5. The molecule has 1 heterocycles. The maximum absolute atomic E-state index is 12.5. The van der Waals surface area contributed by atoms with Crippen molar-refractivity contribution in [2.24, 2.45) is 0 Å². The molecule has 0 atom stereocenters. The van der Waals surface area contributed by atoms with Gasteiger partial charge in [0, 0.05) is 37.1 Å². The number of ether oxygens (including phenoxy) is 1. The Morgan fingerprint density at radius 3 is 2.38 bits per heavy atom. The molecule has 1 saturated heterocycles. The van der Waals surface area contributed by atoms with E-state index in [1.807, 2.05) is 12.1 Å². The molecule has 1 aliphatic heterocycles. The van der Waals surface area contributed by atoms with Crippen LogP contribution in [0.3, 0.4) is 0 Å². The van der Waals surface area contributed by atoms with Crippen LogP contribution in [0.25, 0.3) is 0 Å². The highest BCUT2D eigenvalue weighted by Gasteiger charge is 2.14. The zero-order chi connectivity index (χ0) is 18.5. The lowest BCUT2D eigenvalue weighted by atomic mass is 10.1. The van der Waals surface area contributed by atoms with Crippen LogP contribution in [0.4, 0.5) is 11.4 Å². The summed E-state index contributed by atoms with van der Waals surface area (Å²) in [5.74, 6) is -0.551. The van der Waals surface area contributed by atoms with Crippen molar-refractivity contribution in [2.45, 2.75) is 0 Å². The number of hydrogen-bond acceptors (Lipinski definition) is 4. The number of hydrogen-bond donors (Lipinski definition) is 2. The Bertz CT molecular complexity index is 802. The highest BCUT2D eigenvalue weighted by Crippen LogP contribution is 2.22. The molecular formula is C19H20ClN3O3. The van der Waals surface area contributed by atoms with E-state index in [2.05, 4.69) is 15.5 Å². The van der Waals surface area contributed by atoms with Gasteiger partial charge >= 0.3 is 0 Å². The molecule has 0 unspecified atom stereocenters. The number of carbonyl (C=O) groups excluding carboxylic acids is 2. The predicted molar refractivity (Wildman–Crippen MR) is 102 cm³/mol. The van der Waals surface area contributed by atoms with Crippen LogP contribution in [-0.2, 0) is 4.74 Å². The fourth-order valence-corrected chi connectivity index (χ4v) is 2.96. The lowest BCUT2D eigenvalue weighted by Crippen LogP contribution is -2.36. The molecule has 1 fully saturated rings. The summed E-state index contributed by atoms with van der Waals surface area (Å²) >= 11 is 6.03. The lowest BCUT2D eigenvalue weighted by molar-refractivity contribution is 0.0961. The van der Waals surface area contributed by atoms with E-state index in [-0.39, 0.29) is 11.8 Å². The van der Waals surface area contributed by atoms with Gasteiger partial charge in [-0.05, 0) is 42.5 Å². The van der Waals surface area contributed by atoms with Crippen molar-refractivity contribution in [3.8, 4) is 0 Å². The van der Waals surface area contributed by atoms with Crippen LogP contribution in [0.1, 0.15) is 20.7 Å². The molecule has 0 radical (unpaired) electrons. The van der Waals surface area contributed by atoms with E-state index in [1.54, 1.807) is 30.3 Å². The zero-order valence-corrected chi connectivity index (χ0v) is 15.2. The standard InChI is InChI=1S/C19H20ClN3O3/c1-21-19(25)16-12-14(4-7-17(16)20)22-18(24)13-2-5-15(6-3-13)23-8-10-26-11-9-23/h2-7,12H,8-11H2,1H3,(H,21,25)(H,22,24). The van der Waals surface area contributed by atoms with Crippen molar-refractivity contribution < 1.29 is 14.3 Å². The summed E-state index contributed by atoms with van der Waals surface area (Å²) in [4.78, 5) is 26.5. The first kappa shape index (κ1) is 18.2. The van der Waals surface area contributed by atoms with Crippen LogP contribution in [-0.4, -0.2) is 45.2 Å². The molecule has 3 rings (SSSR count). The molecule has 0 aliphatic carbocycles. The van der Waals surface area contributed by atoms with E-state index in [1.165, 1.54) is 7.05 Å². The van der Waals surface area contributed by atoms with Gasteiger partial charge in [0.15, 0.2) is 0 Å². The lowest BCUT2D eigenvalue weighted by Gasteiger charge is -2.28. The van der Waals surface area contributed by atoms with Gasteiger partial charge in [0.25, 0.3) is 11.8 Å². The Kier molecular flexibility index (Phi) is 5.75. The number of halogens is 1. The van der Waals surface area contributed by atoms with E-state index in [4.69, 9.17) is 16.3 Å². The molecule has 2 aromatic rings. The molecule has 2 amide bonds. The van der Waals surface area contributed by atoms with Gasteiger partial charge in [0.05, 0.1) is 23.8 Å². The van der Waals surface area contributed by atoms with Gasteiger partial charge in [0.1, 0.15) is 0 Å². The van der Waals surface area contributed by atoms with Crippen LogP contribution in [0, 0.1) is 0 Å². The molecule has 0 aromatic heterocycles. The number of nitrogens with zero attached hydrogens (tertiary/aromatic N) is 1. The van der Waals surface area contributed by atoms with Crippen molar-refractivity contribution in [1.82, 2.24) is 5.32 Å². The van der Waals surface area contributed by atoms with Gasteiger partial charge in [-0.3, -0.25) is 9.59 Å². The third-order valence-electron chi connectivity index (χ3n) is 4.20. The Morgan fingerprint density at radius 1 is 1.04 bits per heavy atom. The van der Waals surface area contributed by atoms with Gasteiger partial charge in [-0.1, -0.05) is 11.6 Å². The number of rotatable bonds is 4. The van der Waals surface area contributed by atoms with E-state index in [9.17, 15) is 9.59 Å². The highest BCUT2D eigenvalue weighted by atomic mass is 35.5. The SMILES string of the molecule is CNC(=O)c1cc(NC(=O)c2ccc(N3CCOCC3)cc2)ccc1Cl. The van der Waals surface area contributed by atoms with Crippen molar-refractivity contribution in [3.63, 3.8) is 0 Å². The zero-order valence-electron chi connectivity index (χ0n) is 14.4. The van der Waals surface area contributed by atoms with E-state index in [0.717, 1.165) is 18.8 Å². The smallest absolute Gasteiger partial charge is 0.255 e. The second kappa shape index (κ2) is 8.21.